The van der Waals surface area contributed by atoms with E-state index in [9.17, 15) is 23.9 Å². The summed E-state index contributed by atoms with van der Waals surface area (Å²) in [5.74, 6) is -1.58. The molecular weight excluding hydrogens is 615 g/mol. The lowest BCUT2D eigenvalue weighted by molar-refractivity contribution is -0.110. The minimum atomic E-state index is -2.15. The van der Waals surface area contributed by atoms with Crippen LogP contribution in [0.5, 0.6) is 0 Å². The van der Waals surface area contributed by atoms with Crippen LogP contribution in [0.15, 0.2) is 63.5 Å². The highest BCUT2D eigenvalue weighted by Gasteiger charge is 2.41. The van der Waals surface area contributed by atoms with Crippen molar-refractivity contribution in [1.29, 1.82) is 0 Å². The number of hydrogen-bond donors (Lipinski definition) is 1. The van der Waals surface area contributed by atoms with Gasteiger partial charge in [-0.15, -0.1) is 5.10 Å². The standard InChI is InChI=1S/C30H37FN8O6Si/c1-19-15-39(27-14-23(33-35-32)26(45-27)18-44-46(5,6)30(2,3)4)29(43)38(28(19)42)12-11-22(40)13-25(41)24-17-37(36-34-24)16-20-7-9-21(31)10-8-20/h7-13,15,17,23,26-27,41H,14,16,18H2,1-6H3/b12-11+,25-13-/t23-,26+,27+/m0/s1. The van der Waals surface area contributed by atoms with Crippen LogP contribution in [0, 0.1) is 12.7 Å². The van der Waals surface area contributed by atoms with Gasteiger partial charge in [-0.3, -0.25) is 14.2 Å². The second-order valence-electron chi connectivity index (χ2n) is 12.6. The highest BCUT2D eigenvalue weighted by Crippen LogP contribution is 2.38. The third-order valence-electron chi connectivity index (χ3n) is 8.17. The van der Waals surface area contributed by atoms with Crippen LogP contribution in [0.3, 0.4) is 0 Å². The zero-order chi connectivity index (χ0) is 33.8. The summed E-state index contributed by atoms with van der Waals surface area (Å²) >= 11 is 0. The van der Waals surface area contributed by atoms with Crippen LogP contribution in [0.4, 0.5) is 4.39 Å². The minimum absolute atomic E-state index is 0.0130. The molecule has 1 N–H and O–H groups in total. The van der Waals surface area contributed by atoms with Crippen molar-refractivity contribution in [1.82, 2.24) is 24.1 Å². The fraction of sp³-hybridized carbons (Fsp3) is 0.433. The van der Waals surface area contributed by atoms with Crippen molar-refractivity contribution in [2.75, 3.05) is 6.61 Å². The second-order valence-corrected chi connectivity index (χ2v) is 17.4. The van der Waals surface area contributed by atoms with Gasteiger partial charge in [-0.05, 0) is 48.3 Å². The van der Waals surface area contributed by atoms with Crippen LogP contribution in [0.1, 0.15) is 50.2 Å². The van der Waals surface area contributed by atoms with Crippen LogP contribution in [-0.4, -0.2) is 62.1 Å². The number of azide groups is 1. The molecule has 0 aliphatic carbocycles. The number of nitrogens with zero attached hydrogens (tertiary/aromatic N) is 8. The van der Waals surface area contributed by atoms with Crippen LogP contribution in [0.25, 0.3) is 22.4 Å². The van der Waals surface area contributed by atoms with Gasteiger partial charge >= 0.3 is 5.69 Å². The van der Waals surface area contributed by atoms with Crippen molar-refractivity contribution >= 4 is 26.1 Å². The lowest BCUT2D eigenvalue weighted by Crippen LogP contribution is -2.43. The molecule has 1 aliphatic rings. The van der Waals surface area contributed by atoms with Crippen molar-refractivity contribution in [3.8, 4) is 0 Å². The molecule has 14 nitrogen and oxygen atoms in total. The van der Waals surface area contributed by atoms with Gasteiger partial charge in [0.05, 0.1) is 31.5 Å². The SMILES string of the molecule is Cc1cn([C@H]2C[C@H](N=[N+]=[N-])[C@@H](CO[Si](C)(C)C(C)(C)C)O2)c(=O)n(/C=C/C(=O)/C=C(\O)c2cn(Cc3ccc(F)cc3)nn2)c1=O. The summed E-state index contributed by atoms with van der Waals surface area (Å²) in [7, 11) is -2.15. The molecule has 16 heteroatoms. The number of aliphatic hydroxyl groups is 1. The van der Waals surface area contributed by atoms with Crippen LogP contribution in [0.2, 0.25) is 18.1 Å². The number of rotatable bonds is 11. The predicted molar refractivity (Wildman–Crippen MR) is 171 cm³/mol. The van der Waals surface area contributed by atoms with Gasteiger partial charge in [-0.1, -0.05) is 43.2 Å². The van der Waals surface area contributed by atoms with Gasteiger partial charge in [0.25, 0.3) is 5.56 Å². The van der Waals surface area contributed by atoms with Crippen LogP contribution >= 0.6 is 0 Å². The number of ketones is 1. The Morgan fingerprint density at radius 2 is 1.96 bits per heavy atom. The average Bonchev–Trinajstić information content (AvgIpc) is 3.62. The maximum atomic E-state index is 13.4. The van der Waals surface area contributed by atoms with E-state index < -0.39 is 49.5 Å². The highest BCUT2D eigenvalue weighted by atomic mass is 28.4. The van der Waals surface area contributed by atoms with Crippen molar-refractivity contribution in [2.45, 2.75) is 77.2 Å². The fourth-order valence-corrected chi connectivity index (χ4v) is 5.48. The van der Waals surface area contributed by atoms with Gasteiger partial charge in [-0.25, -0.2) is 18.4 Å². The summed E-state index contributed by atoms with van der Waals surface area (Å²) in [4.78, 5) is 41.9. The molecule has 3 atom stereocenters. The van der Waals surface area contributed by atoms with Gasteiger partial charge in [0.15, 0.2) is 14.1 Å². The van der Waals surface area contributed by atoms with E-state index in [2.05, 4.69) is 54.2 Å². The number of ether oxygens (including phenoxy) is 1. The first-order valence-corrected chi connectivity index (χ1v) is 17.5. The zero-order valence-corrected chi connectivity index (χ0v) is 27.5. The lowest BCUT2D eigenvalue weighted by atomic mass is 10.1. The number of allylic oxidation sites excluding steroid dienone is 2. The number of carbonyl (C=O) groups excluding carboxylic acids is 1. The van der Waals surface area contributed by atoms with Gasteiger partial charge in [-0.2, -0.15) is 0 Å². The number of halogens is 1. The number of benzene rings is 1. The molecule has 0 amide bonds. The molecule has 1 aromatic carbocycles. The average molecular weight is 653 g/mol. The maximum Gasteiger partial charge on any atom is 0.337 e. The third-order valence-corrected chi connectivity index (χ3v) is 12.7. The van der Waals surface area contributed by atoms with E-state index >= 15 is 0 Å². The van der Waals surface area contributed by atoms with E-state index in [-0.39, 0.29) is 41.7 Å². The number of aliphatic hydroxyl groups excluding tert-OH is 1. The monoisotopic (exact) mass is 652 g/mol. The molecule has 3 aromatic rings. The van der Waals surface area contributed by atoms with Crippen LogP contribution < -0.4 is 11.2 Å². The Morgan fingerprint density at radius 3 is 2.61 bits per heavy atom. The quantitative estimate of drug-likeness (QED) is 0.0771. The number of aromatic nitrogens is 5. The lowest BCUT2D eigenvalue weighted by Gasteiger charge is -2.37. The highest BCUT2D eigenvalue weighted by molar-refractivity contribution is 6.74. The van der Waals surface area contributed by atoms with Crippen LogP contribution in [-0.2, 0) is 20.5 Å². The van der Waals surface area contributed by atoms with E-state index in [1.165, 1.54) is 40.7 Å². The molecule has 0 radical (unpaired) electrons. The summed E-state index contributed by atoms with van der Waals surface area (Å²) in [5, 5.41) is 22.0. The van der Waals surface area contributed by atoms with Crippen molar-refractivity contribution < 1.29 is 23.5 Å². The minimum Gasteiger partial charge on any atom is -0.505 e. The van der Waals surface area contributed by atoms with Gasteiger partial charge < -0.3 is 14.3 Å². The number of carbonyl (C=O) groups is 1. The molecule has 1 saturated heterocycles. The molecule has 0 bridgehead atoms. The third kappa shape index (κ3) is 7.95. The summed E-state index contributed by atoms with van der Waals surface area (Å²) in [6.45, 7) is 12.4. The molecule has 2 aromatic heterocycles. The van der Waals surface area contributed by atoms with Gasteiger partial charge in [0.2, 0.25) is 0 Å². The Hall–Kier alpha value is -4.63. The smallest absolute Gasteiger partial charge is 0.337 e. The van der Waals surface area contributed by atoms with Crippen molar-refractivity contribution in [3.63, 3.8) is 0 Å². The number of hydrogen-bond acceptors (Lipinski definition) is 9. The summed E-state index contributed by atoms with van der Waals surface area (Å²) in [6, 6.07) is 5.19. The molecule has 1 fully saturated rings. The van der Waals surface area contributed by atoms with E-state index in [1.54, 1.807) is 12.1 Å². The van der Waals surface area contributed by atoms with E-state index in [0.717, 1.165) is 28.5 Å². The fourth-order valence-electron chi connectivity index (χ4n) is 4.46. The van der Waals surface area contributed by atoms with E-state index in [0.29, 0.717) is 0 Å². The Morgan fingerprint density at radius 1 is 1.26 bits per heavy atom. The summed E-state index contributed by atoms with van der Waals surface area (Å²) in [5.41, 5.74) is 8.69. The number of aryl methyl sites for hydroxylation is 1. The molecule has 0 unspecified atom stereocenters. The molecular formula is C30H37FN8O6Si. The summed E-state index contributed by atoms with van der Waals surface area (Å²) in [6.07, 6.45) is 4.34. The first-order chi connectivity index (χ1) is 21.6. The Labute approximate surface area is 265 Å². The molecule has 46 heavy (non-hydrogen) atoms. The van der Waals surface area contributed by atoms with E-state index in [1.807, 2.05) is 0 Å². The maximum absolute atomic E-state index is 13.4. The van der Waals surface area contributed by atoms with Gasteiger partial charge in [0, 0.05) is 41.4 Å². The topological polar surface area (TPSA) is 179 Å². The first kappa shape index (κ1) is 34.2. The van der Waals surface area contributed by atoms with Gasteiger partial charge in [0.1, 0.15) is 23.5 Å². The second kappa shape index (κ2) is 13.8. The Kier molecular flexibility index (Phi) is 10.3. The Bertz CT molecular complexity index is 1820. The molecule has 0 spiro atoms. The van der Waals surface area contributed by atoms with Crippen molar-refractivity contribution in [2.24, 2.45) is 5.11 Å². The zero-order valence-electron chi connectivity index (χ0n) is 26.5. The van der Waals surface area contributed by atoms with E-state index in [4.69, 9.17) is 14.7 Å². The first-order valence-electron chi connectivity index (χ1n) is 14.6. The molecule has 244 valence electrons. The molecule has 0 saturated carbocycles. The molecule has 3 heterocycles. The Balaban J connectivity index is 1.51. The normalized spacial score (nSPS) is 19.0. The van der Waals surface area contributed by atoms with Crippen molar-refractivity contribution in [3.05, 3.63) is 103 Å². The predicted octanol–water partition coefficient (Wildman–Crippen LogP) is 4.72. The molecule has 1 aliphatic heterocycles. The summed E-state index contributed by atoms with van der Waals surface area (Å²) < 4.78 is 29.0. The molecule has 4 rings (SSSR count). The largest absolute Gasteiger partial charge is 0.505 e.